The summed E-state index contributed by atoms with van der Waals surface area (Å²) in [5.41, 5.74) is 0.454. The van der Waals surface area contributed by atoms with Crippen LogP contribution in [0.15, 0.2) is 12.1 Å². The molecule has 2 aliphatic rings. The van der Waals surface area contributed by atoms with Crippen LogP contribution in [0.3, 0.4) is 0 Å². The maximum absolute atomic E-state index is 12.6. The quantitative estimate of drug-likeness (QED) is 0.858. The molecule has 0 saturated carbocycles. The van der Waals surface area contributed by atoms with Crippen molar-refractivity contribution >= 4 is 5.91 Å². The Balaban J connectivity index is 1.71. The van der Waals surface area contributed by atoms with Crippen molar-refractivity contribution in [2.75, 3.05) is 20.4 Å². The molecule has 24 heavy (non-hydrogen) atoms. The summed E-state index contributed by atoms with van der Waals surface area (Å²) in [5.74, 6) is 0.770. The predicted octanol–water partition coefficient (Wildman–Crippen LogP) is 2.12. The highest BCUT2D eigenvalue weighted by atomic mass is 19.3. The van der Waals surface area contributed by atoms with Crippen molar-refractivity contribution in [2.24, 2.45) is 0 Å². The van der Waals surface area contributed by atoms with Gasteiger partial charge in [0.25, 0.3) is 0 Å². The van der Waals surface area contributed by atoms with Crippen LogP contribution in [0.1, 0.15) is 24.8 Å². The number of rotatable bonds is 6. The Kier molecular flexibility index (Phi) is 5.03. The Hall–Kier alpha value is -2.09. The molecule has 0 bridgehead atoms. The van der Waals surface area contributed by atoms with Gasteiger partial charge in [0.2, 0.25) is 12.7 Å². The maximum Gasteiger partial charge on any atom is 0.387 e. The summed E-state index contributed by atoms with van der Waals surface area (Å²) in [7, 11) is 1.65. The van der Waals surface area contributed by atoms with E-state index in [2.05, 4.69) is 10.1 Å². The number of ether oxygens (including phenoxy) is 3. The summed E-state index contributed by atoms with van der Waals surface area (Å²) in [6.45, 7) is -1.83. The third-order valence-corrected chi connectivity index (χ3v) is 4.19. The Morgan fingerprint density at radius 3 is 2.83 bits per heavy atom. The molecule has 8 heteroatoms. The van der Waals surface area contributed by atoms with Crippen molar-refractivity contribution in [1.82, 2.24) is 10.2 Å². The van der Waals surface area contributed by atoms with Crippen LogP contribution in [0.25, 0.3) is 0 Å². The minimum Gasteiger partial charge on any atom is -0.454 e. The number of hydrogen-bond donors (Lipinski definition) is 1. The van der Waals surface area contributed by atoms with Gasteiger partial charge in [0, 0.05) is 37.7 Å². The second-order valence-electron chi connectivity index (χ2n) is 5.94. The van der Waals surface area contributed by atoms with Crippen molar-refractivity contribution in [2.45, 2.75) is 38.5 Å². The van der Waals surface area contributed by atoms with Crippen LogP contribution in [0.5, 0.6) is 17.2 Å². The molecule has 6 nitrogen and oxygen atoms in total. The van der Waals surface area contributed by atoms with Crippen LogP contribution >= 0.6 is 0 Å². The first-order chi connectivity index (χ1) is 11.5. The van der Waals surface area contributed by atoms with E-state index in [0.29, 0.717) is 23.5 Å². The lowest BCUT2D eigenvalue weighted by Gasteiger charge is -2.21. The van der Waals surface area contributed by atoms with E-state index in [9.17, 15) is 13.6 Å². The Labute approximate surface area is 138 Å². The van der Waals surface area contributed by atoms with Crippen molar-refractivity contribution in [1.29, 1.82) is 0 Å². The smallest absolute Gasteiger partial charge is 0.387 e. The molecular formula is C16H20F2N2O4. The lowest BCUT2D eigenvalue weighted by Crippen LogP contribution is -2.33. The third kappa shape index (κ3) is 3.87. The molecule has 3 rings (SSSR count). The van der Waals surface area contributed by atoms with E-state index in [1.165, 1.54) is 11.0 Å². The molecule has 1 saturated heterocycles. The van der Waals surface area contributed by atoms with Crippen LogP contribution < -0.4 is 19.5 Å². The normalized spacial score (nSPS) is 18.9. The largest absolute Gasteiger partial charge is 0.454 e. The van der Waals surface area contributed by atoms with Crippen molar-refractivity contribution in [3.63, 3.8) is 0 Å². The van der Waals surface area contributed by atoms with Crippen molar-refractivity contribution in [3.8, 4) is 17.2 Å². The zero-order valence-electron chi connectivity index (χ0n) is 13.4. The number of benzene rings is 1. The van der Waals surface area contributed by atoms with Gasteiger partial charge in [-0.3, -0.25) is 4.79 Å². The standard InChI is InChI=1S/C16H20F2N2O4/c1-20(15(21)6-11-3-2-4-19-11)8-10-5-13-14(23-9-22-13)7-12(10)24-16(17)18/h5,7,11,16,19H,2-4,6,8-9H2,1H3. The fourth-order valence-corrected chi connectivity index (χ4v) is 2.94. The topological polar surface area (TPSA) is 60.0 Å². The lowest BCUT2D eigenvalue weighted by molar-refractivity contribution is -0.130. The summed E-state index contributed by atoms with van der Waals surface area (Å²) in [4.78, 5) is 13.8. The highest BCUT2D eigenvalue weighted by Gasteiger charge is 2.23. The van der Waals surface area contributed by atoms with E-state index in [0.717, 1.165) is 19.4 Å². The molecule has 1 atom stereocenters. The van der Waals surface area contributed by atoms with Crippen LogP contribution in [0, 0.1) is 0 Å². The summed E-state index contributed by atoms with van der Waals surface area (Å²) >= 11 is 0. The predicted molar refractivity (Wildman–Crippen MR) is 81.3 cm³/mol. The number of hydrogen-bond acceptors (Lipinski definition) is 5. The molecule has 1 fully saturated rings. The zero-order chi connectivity index (χ0) is 17.1. The van der Waals surface area contributed by atoms with E-state index in [-0.39, 0.29) is 31.0 Å². The number of alkyl halides is 2. The number of carbonyl (C=O) groups excluding carboxylic acids is 1. The first-order valence-corrected chi connectivity index (χ1v) is 7.87. The number of carbonyl (C=O) groups is 1. The SMILES string of the molecule is CN(Cc1cc2c(cc1OC(F)F)OCO2)C(=O)CC1CCCN1. The molecule has 1 amide bonds. The molecule has 1 aromatic carbocycles. The minimum absolute atomic E-state index is 0.00658. The van der Waals surface area contributed by atoms with Gasteiger partial charge < -0.3 is 24.4 Å². The van der Waals surface area contributed by atoms with E-state index in [1.807, 2.05) is 0 Å². The number of amides is 1. The van der Waals surface area contributed by atoms with Crippen molar-refractivity contribution in [3.05, 3.63) is 17.7 Å². The van der Waals surface area contributed by atoms with Gasteiger partial charge in [0.1, 0.15) is 5.75 Å². The molecule has 0 aliphatic carbocycles. The lowest BCUT2D eigenvalue weighted by atomic mass is 10.1. The minimum atomic E-state index is -2.95. The fourth-order valence-electron chi connectivity index (χ4n) is 2.94. The van der Waals surface area contributed by atoms with Crippen LogP contribution in [-0.4, -0.2) is 43.8 Å². The van der Waals surface area contributed by atoms with Gasteiger partial charge in [0.15, 0.2) is 11.5 Å². The molecule has 0 radical (unpaired) electrons. The molecule has 1 aromatic rings. The summed E-state index contributed by atoms with van der Waals surface area (Å²) in [6.07, 6.45) is 2.44. The summed E-state index contributed by atoms with van der Waals surface area (Å²) < 4.78 is 40.3. The highest BCUT2D eigenvalue weighted by Crippen LogP contribution is 2.39. The summed E-state index contributed by atoms with van der Waals surface area (Å²) in [5, 5.41) is 3.27. The molecule has 132 valence electrons. The molecule has 2 aliphatic heterocycles. The van der Waals surface area contributed by atoms with Crippen LogP contribution in [0.4, 0.5) is 8.78 Å². The molecule has 0 aromatic heterocycles. The highest BCUT2D eigenvalue weighted by molar-refractivity contribution is 5.76. The number of fused-ring (bicyclic) bond motifs is 1. The number of halogens is 2. The Morgan fingerprint density at radius 1 is 1.42 bits per heavy atom. The fraction of sp³-hybridized carbons (Fsp3) is 0.562. The van der Waals surface area contributed by atoms with Gasteiger partial charge in [-0.15, -0.1) is 0 Å². The van der Waals surface area contributed by atoms with Gasteiger partial charge in [0.05, 0.1) is 0 Å². The average molecular weight is 342 g/mol. The monoisotopic (exact) mass is 342 g/mol. The first-order valence-electron chi connectivity index (χ1n) is 7.87. The second kappa shape index (κ2) is 7.21. The van der Waals surface area contributed by atoms with Gasteiger partial charge in [-0.25, -0.2) is 0 Å². The first kappa shape index (κ1) is 16.8. The zero-order valence-corrected chi connectivity index (χ0v) is 13.4. The van der Waals surface area contributed by atoms with Gasteiger partial charge in [-0.2, -0.15) is 8.78 Å². The van der Waals surface area contributed by atoms with Crippen LogP contribution in [-0.2, 0) is 11.3 Å². The van der Waals surface area contributed by atoms with E-state index >= 15 is 0 Å². The van der Waals surface area contributed by atoms with Gasteiger partial charge >= 0.3 is 6.61 Å². The van der Waals surface area contributed by atoms with Gasteiger partial charge in [-0.05, 0) is 25.5 Å². The molecule has 1 unspecified atom stereocenters. The van der Waals surface area contributed by atoms with E-state index < -0.39 is 6.61 Å². The van der Waals surface area contributed by atoms with Crippen molar-refractivity contribution < 1.29 is 27.8 Å². The average Bonchev–Trinajstić information content (AvgIpc) is 3.18. The molecule has 1 N–H and O–H groups in total. The summed E-state index contributed by atoms with van der Waals surface area (Å²) in [6, 6.07) is 3.15. The van der Waals surface area contributed by atoms with E-state index in [1.54, 1.807) is 13.1 Å². The van der Waals surface area contributed by atoms with Crippen LogP contribution in [0.2, 0.25) is 0 Å². The number of nitrogens with zero attached hydrogens (tertiary/aromatic N) is 1. The molecule has 0 spiro atoms. The second-order valence-corrected chi connectivity index (χ2v) is 5.94. The molecule has 2 heterocycles. The van der Waals surface area contributed by atoms with Gasteiger partial charge in [-0.1, -0.05) is 0 Å². The maximum atomic E-state index is 12.6. The molecular weight excluding hydrogens is 322 g/mol. The Morgan fingerprint density at radius 2 is 2.17 bits per heavy atom. The van der Waals surface area contributed by atoms with E-state index in [4.69, 9.17) is 9.47 Å². The number of nitrogens with one attached hydrogen (secondary N) is 1. The Bertz CT molecular complexity index is 606. The third-order valence-electron chi connectivity index (χ3n) is 4.19.